The van der Waals surface area contributed by atoms with E-state index in [2.05, 4.69) is 24.3 Å². The van der Waals surface area contributed by atoms with Crippen molar-refractivity contribution in [3.8, 4) is 22.3 Å². The molecule has 0 spiro atoms. The first-order chi connectivity index (χ1) is 13.7. The van der Waals surface area contributed by atoms with Gasteiger partial charge in [0.05, 0.1) is 0 Å². The van der Waals surface area contributed by atoms with E-state index >= 15 is 0 Å². The number of hydrogen-bond donors (Lipinski definition) is 0. The molecule has 0 radical (unpaired) electrons. The molecule has 0 fully saturated rings. The van der Waals surface area contributed by atoms with Crippen LogP contribution in [-0.4, -0.2) is 0 Å². The third-order valence-electron chi connectivity index (χ3n) is 4.88. The molecule has 0 aliphatic carbocycles. The number of fused-ring (bicyclic) bond motifs is 2. The van der Waals surface area contributed by atoms with Gasteiger partial charge in [0.25, 0.3) is 0 Å². The minimum Gasteiger partial charge on any atom is -0.431 e. The summed E-state index contributed by atoms with van der Waals surface area (Å²) in [5.74, 6) is 0. The van der Waals surface area contributed by atoms with Crippen LogP contribution in [0.4, 0.5) is 0 Å². The van der Waals surface area contributed by atoms with Gasteiger partial charge >= 0.3 is 11.3 Å². The van der Waals surface area contributed by atoms with Crippen molar-refractivity contribution < 1.29 is 8.83 Å². The van der Waals surface area contributed by atoms with E-state index in [-0.39, 0.29) is 11.3 Å². The van der Waals surface area contributed by atoms with Gasteiger partial charge in [0, 0.05) is 22.9 Å². The third kappa shape index (κ3) is 2.91. The van der Waals surface area contributed by atoms with Gasteiger partial charge in [-0.3, -0.25) is 0 Å². The Morgan fingerprint density at radius 1 is 0.429 bits per heavy atom. The standard InChI is InChI=1S/C24H14O4/c25-23-11-19-7-5-17(9-21(19)13-27-23)15-1-2-16(4-3-15)18-6-8-20-12-24(26)28-14-22(20)10-18/h1-14H. The van der Waals surface area contributed by atoms with E-state index < -0.39 is 0 Å². The largest absolute Gasteiger partial charge is 0.431 e. The van der Waals surface area contributed by atoms with E-state index in [1.165, 1.54) is 24.7 Å². The maximum Gasteiger partial charge on any atom is 0.336 e. The van der Waals surface area contributed by atoms with Crippen LogP contribution in [0.25, 0.3) is 43.8 Å². The van der Waals surface area contributed by atoms with Gasteiger partial charge in [0.15, 0.2) is 0 Å². The van der Waals surface area contributed by atoms with Gasteiger partial charge in [0.2, 0.25) is 0 Å². The van der Waals surface area contributed by atoms with Gasteiger partial charge in [-0.25, -0.2) is 9.59 Å². The molecule has 5 rings (SSSR count). The predicted octanol–water partition coefficient (Wildman–Crippen LogP) is 5.23. The summed E-state index contributed by atoms with van der Waals surface area (Å²) >= 11 is 0. The minimum atomic E-state index is -0.348. The maximum atomic E-state index is 11.3. The van der Waals surface area contributed by atoms with Gasteiger partial charge < -0.3 is 8.83 Å². The molecule has 0 aliphatic rings. The second-order valence-corrected chi connectivity index (χ2v) is 6.66. The van der Waals surface area contributed by atoms with E-state index in [1.54, 1.807) is 0 Å². The van der Waals surface area contributed by atoms with Gasteiger partial charge in [-0.05, 0) is 45.2 Å². The van der Waals surface area contributed by atoms with Crippen molar-refractivity contribution >= 4 is 21.5 Å². The number of hydrogen-bond acceptors (Lipinski definition) is 4. The Morgan fingerprint density at radius 2 is 0.821 bits per heavy atom. The van der Waals surface area contributed by atoms with Crippen LogP contribution in [0.15, 0.2) is 104 Å². The SMILES string of the molecule is O=c1cc2ccc(-c3ccc(-c4ccc5cc(=O)occ5c4)cc3)cc2co1. The van der Waals surface area contributed by atoms with Crippen molar-refractivity contribution in [2.24, 2.45) is 0 Å². The topological polar surface area (TPSA) is 60.4 Å². The highest BCUT2D eigenvalue weighted by Gasteiger charge is 2.04. The lowest BCUT2D eigenvalue weighted by Crippen LogP contribution is -1.94. The van der Waals surface area contributed by atoms with E-state index in [4.69, 9.17) is 8.83 Å². The molecule has 0 bridgehead atoms. The van der Waals surface area contributed by atoms with Crippen molar-refractivity contribution in [1.82, 2.24) is 0 Å². The molecular weight excluding hydrogens is 352 g/mol. The first kappa shape index (κ1) is 16.3. The highest BCUT2D eigenvalue weighted by molar-refractivity contribution is 5.88. The zero-order chi connectivity index (χ0) is 19.1. The number of benzene rings is 3. The summed E-state index contributed by atoms with van der Waals surface area (Å²) in [6, 6.07) is 23.1. The molecule has 28 heavy (non-hydrogen) atoms. The normalized spacial score (nSPS) is 11.1. The molecule has 0 atom stereocenters. The average molecular weight is 366 g/mol. The fourth-order valence-corrected chi connectivity index (χ4v) is 3.40. The van der Waals surface area contributed by atoms with Crippen molar-refractivity contribution in [2.75, 3.05) is 0 Å². The van der Waals surface area contributed by atoms with Gasteiger partial charge in [0.1, 0.15) is 12.5 Å². The lowest BCUT2D eigenvalue weighted by Gasteiger charge is -2.07. The Labute approximate surface area is 159 Å². The smallest absolute Gasteiger partial charge is 0.336 e. The molecule has 4 heteroatoms. The lowest BCUT2D eigenvalue weighted by molar-refractivity contribution is 0.517. The molecule has 5 aromatic rings. The summed E-state index contributed by atoms with van der Waals surface area (Å²) < 4.78 is 9.94. The van der Waals surface area contributed by atoms with Gasteiger partial charge in [-0.15, -0.1) is 0 Å². The molecule has 0 saturated heterocycles. The van der Waals surface area contributed by atoms with E-state index in [9.17, 15) is 9.59 Å². The van der Waals surface area contributed by atoms with Crippen molar-refractivity contribution in [3.05, 3.63) is 106 Å². The lowest BCUT2D eigenvalue weighted by atomic mass is 9.98. The molecule has 134 valence electrons. The van der Waals surface area contributed by atoms with Crippen LogP contribution in [0, 0.1) is 0 Å². The third-order valence-corrected chi connectivity index (χ3v) is 4.88. The van der Waals surface area contributed by atoms with Crippen LogP contribution in [0.2, 0.25) is 0 Å². The summed E-state index contributed by atoms with van der Waals surface area (Å²) in [5, 5.41) is 3.49. The zero-order valence-corrected chi connectivity index (χ0v) is 14.7. The number of rotatable bonds is 2. The van der Waals surface area contributed by atoms with Gasteiger partial charge in [-0.1, -0.05) is 48.5 Å². The molecule has 0 unspecified atom stereocenters. The first-order valence-electron chi connectivity index (χ1n) is 8.82. The summed E-state index contributed by atoms with van der Waals surface area (Å²) in [6.07, 6.45) is 2.98. The van der Waals surface area contributed by atoms with Crippen LogP contribution in [-0.2, 0) is 0 Å². The second kappa shape index (κ2) is 6.35. The molecule has 0 N–H and O–H groups in total. The van der Waals surface area contributed by atoms with Crippen LogP contribution >= 0.6 is 0 Å². The summed E-state index contributed by atoms with van der Waals surface area (Å²) in [4.78, 5) is 22.6. The molecule has 2 aromatic heterocycles. The Kier molecular flexibility index (Phi) is 3.69. The summed E-state index contributed by atoms with van der Waals surface area (Å²) in [7, 11) is 0. The minimum absolute atomic E-state index is 0.348. The van der Waals surface area contributed by atoms with E-state index in [0.29, 0.717) is 0 Å². The Balaban J connectivity index is 1.52. The van der Waals surface area contributed by atoms with Crippen LogP contribution in [0.3, 0.4) is 0 Å². The fourth-order valence-electron chi connectivity index (χ4n) is 3.40. The van der Waals surface area contributed by atoms with Crippen molar-refractivity contribution in [2.45, 2.75) is 0 Å². The van der Waals surface area contributed by atoms with E-state index in [1.807, 2.05) is 36.4 Å². The molecule has 0 aliphatic heterocycles. The molecule has 3 aromatic carbocycles. The Bertz CT molecular complexity index is 1330. The summed E-state index contributed by atoms with van der Waals surface area (Å²) in [6.45, 7) is 0. The average Bonchev–Trinajstić information content (AvgIpc) is 2.73. The molecule has 2 heterocycles. The van der Waals surface area contributed by atoms with Crippen LogP contribution in [0.5, 0.6) is 0 Å². The maximum absolute atomic E-state index is 11.3. The van der Waals surface area contributed by atoms with E-state index in [0.717, 1.165) is 43.8 Å². The highest BCUT2D eigenvalue weighted by atomic mass is 16.4. The predicted molar refractivity (Wildman–Crippen MR) is 109 cm³/mol. The van der Waals surface area contributed by atoms with Crippen LogP contribution < -0.4 is 11.3 Å². The van der Waals surface area contributed by atoms with Crippen molar-refractivity contribution in [1.29, 1.82) is 0 Å². The molecule has 0 saturated carbocycles. The highest BCUT2D eigenvalue weighted by Crippen LogP contribution is 2.28. The first-order valence-corrected chi connectivity index (χ1v) is 8.82. The molecule has 0 amide bonds. The molecular formula is C24H14O4. The quantitative estimate of drug-likeness (QED) is 0.429. The van der Waals surface area contributed by atoms with Crippen molar-refractivity contribution in [3.63, 3.8) is 0 Å². The van der Waals surface area contributed by atoms with Crippen LogP contribution in [0.1, 0.15) is 0 Å². The summed E-state index contributed by atoms with van der Waals surface area (Å²) in [5.41, 5.74) is 3.55. The Hall–Kier alpha value is -3.92. The Morgan fingerprint density at radius 3 is 1.25 bits per heavy atom. The monoisotopic (exact) mass is 366 g/mol. The molecule has 4 nitrogen and oxygen atoms in total. The van der Waals surface area contributed by atoms with Gasteiger partial charge in [-0.2, -0.15) is 0 Å². The zero-order valence-electron chi connectivity index (χ0n) is 14.7. The fraction of sp³-hybridized carbons (Fsp3) is 0. The second-order valence-electron chi connectivity index (χ2n) is 6.66.